The number of nitrogens with zero attached hydrogens (tertiary/aromatic N) is 3. The molecule has 0 aliphatic carbocycles. The first-order valence-electron chi connectivity index (χ1n) is 7.12. The number of thiazole rings is 1. The van der Waals surface area contributed by atoms with E-state index in [0.717, 1.165) is 13.1 Å². The van der Waals surface area contributed by atoms with E-state index in [1.54, 1.807) is 0 Å². The largest absolute Gasteiger partial charge is 0.344 e. The molecular weight excluding hydrogens is 256 g/mol. The van der Waals surface area contributed by atoms with E-state index in [2.05, 4.69) is 42.9 Å². The summed E-state index contributed by atoms with van der Waals surface area (Å²) in [7, 11) is 4.22. The fourth-order valence-electron chi connectivity index (χ4n) is 2.71. The van der Waals surface area contributed by atoms with Gasteiger partial charge in [0.15, 0.2) is 5.13 Å². The summed E-state index contributed by atoms with van der Waals surface area (Å²) in [6.07, 6.45) is 1.22. The zero-order valence-electron chi connectivity index (χ0n) is 12.7. The molecule has 1 aromatic heterocycles. The first kappa shape index (κ1) is 14.8. The van der Waals surface area contributed by atoms with Gasteiger partial charge in [-0.15, -0.1) is 11.3 Å². The van der Waals surface area contributed by atoms with Crippen LogP contribution in [0.25, 0.3) is 0 Å². The van der Waals surface area contributed by atoms with Crippen molar-refractivity contribution in [3.8, 4) is 0 Å². The quantitative estimate of drug-likeness (QED) is 0.921. The van der Waals surface area contributed by atoms with E-state index in [1.165, 1.54) is 28.7 Å². The first-order chi connectivity index (χ1) is 9.02. The Hall–Kier alpha value is -0.650. The van der Waals surface area contributed by atoms with Crippen LogP contribution < -0.4 is 10.2 Å². The number of hydrogen-bond donors (Lipinski definition) is 1. The molecule has 1 fully saturated rings. The van der Waals surface area contributed by atoms with E-state index in [4.69, 9.17) is 4.98 Å². The van der Waals surface area contributed by atoms with Gasteiger partial charge in [0.2, 0.25) is 0 Å². The van der Waals surface area contributed by atoms with Crippen molar-refractivity contribution in [2.24, 2.45) is 0 Å². The summed E-state index contributed by atoms with van der Waals surface area (Å²) in [5.41, 5.74) is 1.17. The van der Waals surface area contributed by atoms with E-state index in [-0.39, 0.29) is 0 Å². The highest BCUT2D eigenvalue weighted by molar-refractivity contribution is 7.15. The number of hydrogen-bond acceptors (Lipinski definition) is 5. The van der Waals surface area contributed by atoms with Crippen molar-refractivity contribution in [2.75, 3.05) is 38.6 Å². The molecule has 0 bridgehead atoms. The Morgan fingerprint density at radius 2 is 2.16 bits per heavy atom. The summed E-state index contributed by atoms with van der Waals surface area (Å²) in [5, 5.41) is 4.50. The van der Waals surface area contributed by atoms with Crippen molar-refractivity contribution in [3.05, 3.63) is 10.6 Å². The summed E-state index contributed by atoms with van der Waals surface area (Å²) in [4.78, 5) is 11.1. The Balaban J connectivity index is 2.21. The van der Waals surface area contributed by atoms with Gasteiger partial charge in [0.25, 0.3) is 0 Å². The number of anilines is 1. The van der Waals surface area contributed by atoms with Crippen molar-refractivity contribution in [1.29, 1.82) is 0 Å². The minimum atomic E-state index is 0.385. The van der Waals surface area contributed by atoms with Crippen molar-refractivity contribution < 1.29 is 0 Å². The molecule has 1 aliphatic heterocycles. The summed E-state index contributed by atoms with van der Waals surface area (Å²) in [5.74, 6) is 0. The fourth-order valence-corrected chi connectivity index (χ4v) is 3.96. The van der Waals surface area contributed by atoms with Crippen molar-refractivity contribution >= 4 is 16.5 Å². The maximum Gasteiger partial charge on any atom is 0.186 e. The van der Waals surface area contributed by atoms with Gasteiger partial charge in [-0.25, -0.2) is 4.98 Å². The van der Waals surface area contributed by atoms with Crippen LogP contribution in [0.5, 0.6) is 0 Å². The lowest BCUT2D eigenvalue weighted by atomic mass is 10.2. The molecule has 2 rings (SSSR count). The maximum absolute atomic E-state index is 4.81. The minimum absolute atomic E-state index is 0.385. The molecule has 0 amide bonds. The van der Waals surface area contributed by atoms with Gasteiger partial charge in [0.1, 0.15) is 0 Å². The molecule has 2 unspecified atom stereocenters. The molecular formula is C14H26N4S. The van der Waals surface area contributed by atoms with Crippen LogP contribution in [0.15, 0.2) is 0 Å². The molecule has 4 nitrogen and oxygen atoms in total. The summed E-state index contributed by atoms with van der Waals surface area (Å²) >= 11 is 1.85. The third-order valence-corrected chi connectivity index (χ3v) is 5.32. The Morgan fingerprint density at radius 3 is 2.84 bits per heavy atom. The Kier molecular flexibility index (Phi) is 4.81. The van der Waals surface area contributed by atoms with Gasteiger partial charge in [-0.2, -0.15) is 0 Å². The molecule has 0 saturated carbocycles. The van der Waals surface area contributed by atoms with E-state index < -0.39 is 0 Å². The number of aromatic nitrogens is 1. The number of nitrogens with one attached hydrogen (secondary N) is 1. The molecule has 1 saturated heterocycles. The Morgan fingerprint density at radius 1 is 1.42 bits per heavy atom. The van der Waals surface area contributed by atoms with Crippen LogP contribution in [0.3, 0.4) is 0 Å². The second kappa shape index (κ2) is 6.20. The van der Waals surface area contributed by atoms with Gasteiger partial charge in [-0.3, -0.25) is 0 Å². The third kappa shape index (κ3) is 3.27. The number of likely N-dealkylation sites (N-methyl/N-ethyl adjacent to an activating group) is 1. The van der Waals surface area contributed by atoms with Crippen molar-refractivity contribution in [3.63, 3.8) is 0 Å². The summed E-state index contributed by atoms with van der Waals surface area (Å²) < 4.78 is 0. The van der Waals surface area contributed by atoms with Crippen molar-refractivity contribution in [2.45, 2.75) is 39.3 Å². The van der Waals surface area contributed by atoms with Crippen LogP contribution in [0.2, 0.25) is 0 Å². The average Bonchev–Trinajstić information content (AvgIpc) is 2.66. The molecule has 1 N–H and O–H groups in total. The third-order valence-electron chi connectivity index (χ3n) is 3.94. The topological polar surface area (TPSA) is 31.4 Å². The van der Waals surface area contributed by atoms with Gasteiger partial charge in [0.05, 0.1) is 5.69 Å². The standard InChI is InChI=1S/C14H26N4S/c1-10-9-17(5)7-6-8-18(10)14-16-12(3)13(19-14)11(2)15-4/h10-11,15H,6-9H2,1-5H3. The van der Waals surface area contributed by atoms with Gasteiger partial charge < -0.3 is 15.1 Å². The highest BCUT2D eigenvalue weighted by Gasteiger charge is 2.24. The van der Waals surface area contributed by atoms with Gasteiger partial charge in [0, 0.05) is 30.1 Å². The molecule has 2 heterocycles. The van der Waals surface area contributed by atoms with E-state index in [9.17, 15) is 0 Å². The molecule has 0 aromatic carbocycles. The molecule has 1 aromatic rings. The molecule has 19 heavy (non-hydrogen) atoms. The van der Waals surface area contributed by atoms with Gasteiger partial charge in [-0.05, 0) is 47.8 Å². The molecule has 0 spiro atoms. The Bertz CT molecular complexity index is 418. The molecule has 108 valence electrons. The monoisotopic (exact) mass is 282 g/mol. The van der Waals surface area contributed by atoms with Crippen LogP contribution in [0.4, 0.5) is 5.13 Å². The van der Waals surface area contributed by atoms with Crippen LogP contribution in [0.1, 0.15) is 36.9 Å². The summed E-state index contributed by atoms with van der Waals surface area (Å²) in [6, 6.07) is 0.923. The first-order valence-corrected chi connectivity index (χ1v) is 7.94. The van der Waals surface area contributed by atoms with Crippen LogP contribution >= 0.6 is 11.3 Å². The zero-order chi connectivity index (χ0) is 14.0. The zero-order valence-corrected chi connectivity index (χ0v) is 13.5. The van der Waals surface area contributed by atoms with Crippen LogP contribution in [-0.4, -0.2) is 49.7 Å². The van der Waals surface area contributed by atoms with Gasteiger partial charge >= 0.3 is 0 Å². The van der Waals surface area contributed by atoms with Crippen LogP contribution in [0, 0.1) is 6.92 Å². The average molecular weight is 282 g/mol. The SMILES string of the molecule is CNC(C)c1sc(N2CCCN(C)CC2C)nc1C. The van der Waals surface area contributed by atoms with Crippen LogP contribution in [-0.2, 0) is 0 Å². The predicted molar refractivity (Wildman–Crippen MR) is 83.2 cm³/mol. The lowest BCUT2D eigenvalue weighted by Gasteiger charge is -2.27. The normalized spacial score (nSPS) is 23.4. The predicted octanol–water partition coefficient (Wildman–Crippen LogP) is 2.26. The van der Waals surface area contributed by atoms with E-state index >= 15 is 0 Å². The van der Waals surface area contributed by atoms with E-state index in [0.29, 0.717) is 12.1 Å². The van der Waals surface area contributed by atoms with Crippen molar-refractivity contribution in [1.82, 2.24) is 15.2 Å². The second-order valence-electron chi connectivity index (χ2n) is 5.61. The lowest BCUT2D eigenvalue weighted by molar-refractivity contribution is 0.337. The smallest absolute Gasteiger partial charge is 0.186 e. The molecule has 5 heteroatoms. The fraction of sp³-hybridized carbons (Fsp3) is 0.786. The highest BCUT2D eigenvalue weighted by atomic mass is 32.1. The molecule has 1 aliphatic rings. The van der Waals surface area contributed by atoms with Gasteiger partial charge in [-0.1, -0.05) is 0 Å². The number of aryl methyl sites for hydroxylation is 1. The maximum atomic E-state index is 4.81. The summed E-state index contributed by atoms with van der Waals surface area (Å²) in [6.45, 7) is 10.0. The molecule has 2 atom stereocenters. The molecule has 0 radical (unpaired) electrons. The lowest BCUT2D eigenvalue weighted by Crippen LogP contribution is -2.37. The minimum Gasteiger partial charge on any atom is -0.344 e. The second-order valence-corrected chi connectivity index (χ2v) is 6.62. The Labute approximate surface area is 120 Å². The highest BCUT2D eigenvalue weighted by Crippen LogP contribution is 2.32. The number of rotatable bonds is 3. The van der Waals surface area contributed by atoms with E-state index in [1.807, 2.05) is 18.4 Å².